The number of unbranched alkanes of at least 4 members (excludes halogenated alkanes) is 3. The van der Waals surface area contributed by atoms with Crippen LogP contribution >= 0.6 is 0 Å². The Hall–Kier alpha value is -1.58. The maximum Gasteiger partial charge on any atom is 0.305 e. The SMILES string of the molecule is CCCC.COC(=O)CCCCCOc1cc(C)ccc1F. The minimum Gasteiger partial charge on any atom is -0.491 e. The summed E-state index contributed by atoms with van der Waals surface area (Å²) in [5.74, 6) is -0.237. The van der Waals surface area contributed by atoms with E-state index in [1.165, 1.54) is 26.0 Å². The van der Waals surface area contributed by atoms with Crippen LogP contribution in [-0.4, -0.2) is 19.7 Å². The minimum atomic E-state index is -0.338. The van der Waals surface area contributed by atoms with Crippen molar-refractivity contribution in [3.8, 4) is 5.75 Å². The molecule has 0 radical (unpaired) electrons. The van der Waals surface area contributed by atoms with Crippen LogP contribution in [0.1, 0.15) is 57.9 Å². The second-order valence-electron chi connectivity index (χ2n) is 5.17. The van der Waals surface area contributed by atoms with E-state index in [0.29, 0.717) is 18.8 Å². The first-order valence-corrected chi connectivity index (χ1v) is 8.00. The highest BCUT2D eigenvalue weighted by molar-refractivity contribution is 5.68. The van der Waals surface area contributed by atoms with E-state index >= 15 is 0 Å². The first-order valence-electron chi connectivity index (χ1n) is 8.00. The van der Waals surface area contributed by atoms with Crippen molar-refractivity contribution in [3.05, 3.63) is 29.6 Å². The Morgan fingerprint density at radius 3 is 2.41 bits per heavy atom. The first-order chi connectivity index (χ1) is 10.5. The van der Waals surface area contributed by atoms with E-state index in [0.717, 1.165) is 24.8 Å². The maximum absolute atomic E-state index is 13.3. The number of benzene rings is 1. The molecule has 1 aromatic carbocycles. The number of methoxy groups -OCH3 is 1. The maximum atomic E-state index is 13.3. The zero-order valence-electron chi connectivity index (χ0n) is 14.3. The Labute approximate surface area is 133 Å². The predicted octanol–water partition coefficient (Wildman–Crippen LogP) is 5.05. The predicted molar refractivity (Wildman–Crippen MR) is 87.7 cm³/mol. The number of halogens is 1. The number of aryl methyl sites for hydroxylation is 1. The van der Waals surface area contributed by atoms with E-state index in [9.17, 15) is 9.18 Å². The highest BCUT2D eigenvalue weighted by atomic mass is 19.1. The molecule has 0 aliphatic carbocycles. The van der Waals surface area contributed by atoms with Crippen molar-refractivity contribution in [1.82, 2.24) is 0 Å². The number of carbonyl (C=O) groups excluding carboxylic acids is 1. The van der Waals surface area contributed by atoms with Crippen LogP contribution in [0.25, 0.3) is 0 Å². The number of rotatable bonds is 8. The van der Waals surface area contributed by atoms with Crippen molar-refractivity contribution in [3.63, 3.8) is 0 Å². The first kappa shape index (κ1) is 20.4. The lowest BCUT2D eigenvalue weighted by Gasteiger charge is -2.07. The molecule has 4 heteroatoms. The number of hydrogen-bond acceptors (Lipinski definition) is 3. The molecule has 0 unspecified atom stereocenters. The molecule has 0 amide bonds. The Kier molecular flexibility index (Phi) is 12.2. The molecular weight excluding hydrogens is 283 g/mol. The molecule has 0 aliphatic rings. The van der Waals surface area contributed by atoms with Crippen molar-refractivity contribution >= 4 is 5.97 Å². The number of carbonyl (C=O) groups is 1. The van der Waals surface area contributed by atoms with Gasteiger partial charge in [0, 0.05) is 6.42 Å². The van der Waals surface area contributed by atoms with Crippen molar-refractivity contribution < 1.29 is 18.7 Å². The van der Waals surface area contributed by atoms with Crippen molar-refractivity contribution in [2.24, 2.45) is 0 Å². The Morgan fingerprint density at radius 1 is 1.14 bits per heavy atom. The standard InChI is InChI=1S/C14H19FO3.C4H10/c1-11-7-8-12(15)13(10-11)18-9-5-3-4-6-14(16)17-2;1-3-4-2/h7-8,10H,3-6,9H2,1-2H3;3-4H2,1-2H3. The molecule has 1 aromatic rings. The summed E-state index contributed by atoms with van der Waals surface area (Å²) in [4.78, 5) is 10.8. The number of hydrogen-bond donors (Lipinski definition) is 0. The molecule has 0 N–H and O–H groups in total. The van der Waals surface area contributed by atoms with Crippen LogP contribution in [-0.2, 0) is 9.53 Å². The van der Waals surface area contributed by atoms with Crippen LogP contribution in [0.5, 0.6) is 5.75 Å². The van der Waals surface area contributed by atoms with Gasteiger partial charge in [-0.2, -0.15) is 0 Å². The molecule has 0 aliphatic heterocycles. The van der Waals surface area contributed by atoms with Crippen molar-refractivity contribution in [2.45, 2.75) is 59.3 Å². The quantitative estimate of drug-likeness (QED) is 0.497. The lowest BCUT2D eigenvalue weighted by Crippen LogP contribution is -2.02. The lowest BCUT2D eigenvalue weighted by molar-refractivity contribution is -0.140. The molecule has 0 bridgehead atoms. The van der Waals surface area contributed by atoms with E-state index in [-0.39, 0.29) is 11.8 Å². The van der Waals surface area contributed by atoms with Gasteiger partial charge in [0.15, 0.2) is 11.6 Å². The number of ether oxygens (including phenoxy) is 2. The molecule has 0 atom stereocenters. The zero-order valence-corrected chi connectivity index (χ0v) is 14.3. The van der Waals surface area contributed by atoms with E-state index in [2.05, 4.69) is 18.6 Å². The summed E-state index contributed by atoms with van der Waals surface area (Å²) in [6.07, 6.45) is 5.49. The summed E-state index contributed by atoms with van der Waals surface area (Å²) in [5.41, 5.74) is 0.970. The summed E-state index contributed by atoms with van der Waals surface area (Å²) >= 11 is 0. The van der Waals surface area contributed by atoms with Crippen molar-refractivity contribution in [2.75, 3.05) is 13.7 Å². The molecule has 22 heavy (non-hydrogen) atoms. The van der Waals surface area contributed by atoms with Crippen LogP contribution in [0.3, 0.4) is 0 Å². The average molecular weight is 312 g/mol. The van der Waals surface area contributed by atoms with Crippen molar-refractivity contribution in [1.29, 1.82) is 0 Å². The van der Waals surface area contributed by atoms with E-state index in [4.69, 9.17) is 4.74 Å². The summed E-state index contributed by atoms with van der Waals surface area (Å²) in [6.45, 7) is 6.71. The molecule has 0 saturated heterocycles. The fraction of sp³-hybridized carbons (Fsp3) is 0.611. The fourth-order valence-corrected chi connectivity index (χ4v) is 1.55. The molecule has 1 rings (SSSR count). The molecule has 0 heterocycles. The molecular formula is C18H29FO3. The van der Waals surface area contributed by atoms with E-state index in [1.807, 2.05) is 6.92 Å². The third-order valence-electron chi connectivity index (χ3n) is 3.10. The molecule has 0 fully saturated rings. The summed E-state index contributed by atoms with van der Waals surface area (Å²) in [6, 6.07) is 4.80. The van der Waals surface area contributed by atoms with Crippen LogP contribution in [0.15, 0.2) is 18.2 Å². The zero-order chi connectivity index (χ0) is 16.8. The molecule has 0 saturated carbocycles. The Bertz CT molecular complexity index is 417. The third-order valence-corrected chi connectivity index (χ3v) is 3.10. The monoisotopic (exact) mass is 312 g/mol. The van der Waals surface area contributed by atoms with Gasteiger partial charge in [-0.05, 0) is 43.9 Å². The van der Waals surface area contributed by atoms with Gasteiger partial charge in [-0.25, -0.2) is 4.39 Å². The van der Waals surface area contributed by atoms with Gasteiger partial charge in [0.05, 0.1) is 13.7 Å². The minimum absolute atomic E-state index is 0.194. The van der Waals surface area contributed by atoms with Gasteiger partial charge in [-0.15, -0.1) is 0 Å². The van der Waals surface area contributed by atoms with Gasteiger partial charge in [-0.3, -0.25) is 4.79 Å². The second kappa shape index (κ2) is 13.1. The molecule has 0 spiro atoms. The Morgan fingerprint density at radius 2 is 1.82 bits per heavy atom. The van der Waals surface area contributed by atoms with E-state index in [1.54, 1.807) is 12.1 Å². The topological polar surface area (TPSA) is 35.5 Å². The summed E-state index contributed by atoms with van der Waals surface area (Å²) in [5, 5.41) is 0. The number of esters is 1. The third kappa shape index (κ3) is 10.2. The van der Waals surface area contributed by atoms with Crippen LogP contribution in [0, 0.1) is 12.7 Å². The highest BCUT2D eigenvalue weighted by Crippen LogP contribution is 2.18. The van der Waals surface area contributed by atoms with Gasteiger partial charge >= 0.3 is 5.97 Å². The van der Waals surface area contributed by atoms with Gasteiger partial charge in [0.25, 0.3) is 0 Å². The summed E-state index contributed by atoms with van der Waals surface area (Å²) in [7, 11) is 1.38. The molecule has 3 nitrogen and oxygen atoms in total. The van der Waals surface area contributed by atoms with Gasteiger partial charge in [-0.1, -0.05) is 32.8 Å². The largest absolute Gasteiger partial charge is 0.491 e. The smallest absolute Gasteiger partial charge is 0.305 e. The molecule has 126 valence electrons. The van der Waals surface area contributed by atoms with Crippen LogP contribution in [0.4, 0.5) is 4.39 Å². The van der Waals surface area contributed by atoms with Gasteiger partial charge in [0.2, 0.25) is 0 Å². The highest BCUT2D eigenvalue weighted by Gasteiger charge is 2.03. The van der Waals surface area contributed by atoms with Crippen LogP contribution < -0.4 is 4.74 Å². The van der Waals surface area contributed by atoms with Gasteiger partial charge in [0.1, 0.15) is 0 Å². The fourth-order valence-electron chi connectivity index (χ4n) is 1.55. The van der Waals surface area contributed by atoms with Gasteiger partial charge < -0.3 is 9.47 Å². The van der Waals surface area contributed by atoms with Crippen LogP contribution in [0.2, 0.25) is 0 Å². The lowest BCUT2D eigenvalue weighted by atomic mass is 10.2. The van der Waals surface area contributed by atoms with E-state index < -0.39 is 0 Å². The normalized spacial score (nSPS) is 9.68. The average Bonchev–Trinajstić information content (AvgIpc) is 2.53. The Balaban J connectivity index is 0.000000980. The summed E-state index contributed by atoms with van der Waals surface area (Å²) < 4.78 is 23.2. The second-order valence-corrected chi connectivity index (χ2v) is 5.17. The molecule has 0 aromatic heterocycles.